The van der Waals surface area contributed by atoms with Crippen LogP contribution in [0.25, 0.3) is 0 Å². The van der Waals surface area contributed by atoms with Gasteiger partial charge in [0.1, 0.15) is 6.26 Å². The highest BCUT2D eigenvalue weighted by Crippen LogP contribution is 2.31. The molecule has 1 N–H and O–H groups in total. The summed E-state index contributed by atoms with van der Waals surface area (Å²) in [7, 11) is 0. The van der Waals surface area contributed by atoms with Gasteiger partial charge in [0, 0.05) is 12.6 Å². The van der Waals surface area contributed by atoms with Crippen LogP contribution >= 0.6 is 0 Å². The van der Waals surface area contributed by atoms with Gasteiger partial charge in [-0.3, -0.25) is 4.79 Å². The Morgan fingerprint density at radius 2 is 2.32 bits per heavy atom. The number of carboxylic acids is 1. The van der Waals surface area contributed by atoms with Gasteiger partial charge in [-0.1, -0.05) is 0 Å². The van der Waals surface area contributed by atoms with Crippen LogP contribution in [0.15, 0.2) is 10.7 Å². The molecule has 0 bridgehead atoms. The number of ether oxygens (including phenoxy) is 1. The Kier molecular flexibility index (Phi) is 4.03. The molecule has 2 rings (SSSR count). The Morgan fingerprint density at radius 1 is 1.58 bits per heavy atom. The zero-order valence-corrected chi connectivity index (χ0v) is 10.7. The topological polar surface area (TPSA) is 92.9 Å². The molecule has 104 valence electrons. The molecule has 0 radical (unpaired) electrons. The Bertz CT molecular complexity index is 466. The first-order valence-corrected chi connectivity index (χ1v) is 6.23. The van der Waals surface area contributed by atoms with Gasteiger partial charge in [-0.15, -0.1) is 0 Å². The van der Waals surface area contributed by atoms with Crippen molar-refractivity contribution in [3.05, 3.63) is 12.0 Å². The van der Waals surface area contributed by atoms with Gasteiger partial charge < -0.3 is 19.2 Å². The van der Waals surface area contributed by atoms with Gasteiger partial charge in [-0.2, -0.15) is 4.98 Å². The fraction of sp³-hybridized carbons (Fsp3) is 0.583. The van der Waals surface area contributed by atoms with E-state index in [1.54, 1.807) is 11.8 Å². The fourth-order valence-corrected chi connectivity index (χ4v) is 1.73. The molecule has 1 heterocycles. The van der Waals surface area contributed by atoms with E-state index in [4.69, 9.17) is 14.3 Å². The van der Waals surface area contributed by atoms with Crippen LogP contribution in [-0.2, 0) is 9.53 Å². The van der Waals surface area contributed by atoms with Crippen LogP contribution in [0, 0.1) is 0 Å². The lowest BCUT2D eigenvalue weighted by Gasteiger charge is -2.18. The zero-order chi connectivity index (χ0) is 13.8. The number of carbonyl (C=O) groups excluding carboxylic acids is 1. The predicted octanol–water partition coefficient (Wildman–Crippen LogP) is 1.29. The summed E-state index contributed by atoms with van der Waals surface area (Å²) in [5, 5.41) is 8.72. The number of rotatable bonds is 7. The first kappa shape index (κ1) is 13.4. The van der Waals surface area contributed by atoms with Crippen molar-refractivity contribution in [1.82, 2.24) is 4.98 Å². The van der Waals surface area contributed by atoms with Crippen molar-refractivity contribution in [2.45, 2.75) is 32.2 Å². The van der Waals surface area contributed by atoms with Gasteiger partial charge in [0.25, 0.3) is 6.01 Å². The molecule has 0 saturated heterocycles. The summed E-state index contributed by atoms with van der Waals surface area (Å²) < 4.78 is 10.1. The maximum atomic E-state index is 11.5. The van der Waals surface area contributed by atoms with Crippen LogP contribution in [0.1, 0.15) is 36.7 Å². The molecule has 1 fully saturated rings. The van der Waals surface area contributed by atoms with Crippen LogP contribution < -0.4 is 4.90 Å². The Labute approximate surface area is 110 Å². The molecule has 1 aliphatic carbocycles. The number of aromatic nitrogens is 1. The van der Waals surface area contributed by atoms with Crippen molar-refractivity contribution in [2.75, 3.05) is 18.1 Å². The second-order valence-corrected chi connectivity index (χ2v) is 4.30. The first-order valence-electron chi connectivity index (χ1n) is 6.23. The van der Waals surface area contributed by atoms with Gasteiger partial charge in [0.2, 0.25) is 0 Å². The van der Waals surface area contributed by atoms with Gasteiger partial charge in [0.05, 0.1) is 13.0 Å². The number of nitrogens with zero attached hydrogens (tertiary/aromatic N) is 2. The summed E-state index contributed by atoms with van der Waals surface area (Å²) in [6, 6.07) is 0.542. The number of carboxylic acid groups (broad SMARTS) is 1. The predicted molar refractivity (Wildman–Crippen MR) is 65.1 cm³/mol. The molecule has 0 spiro atoms. The molecular weight excluding hydrogens is 252 g/mol. The van der Waals surface area contributed by atoms with Gasteiger partial charge in [-0.05, 0) is 19.8 Å². The molecule has 7 heteroatoms. The lowest BCUT2D eigenvalue weighted by Crippen LogP contribution is -2.28. The van der Waals surface area contributed by atoms with Crippen molar-refractivity contribution in [3.8, 4) is 0 Å². The molecule has 1 saturated carbocycles. The Morgan fingerprint density at radius 3 is 2.89 bits per heavy atom. The van der Waals surface area contributed by atoms with Crippen molar-refractivity contribution < 1.29 is 23.8 Å². The Hall–Kier alpha value is -2.05. The maximum absolute atomic E-state index is 11.5. The van der Waals surface area contributed by atoms with Crippen LogP contribution in [-0.4, -0.2) is 41.2 Å². The fourth-order valence-electron chi connectivity index (χ4n) is 1.73. The van der Waals surface area contributed by atoms with E-state index in [9.17, 15) is 9.59 Å². The first-order chi connectivity index (χ1) is 9.11. The summed E-state index contributed by atoms with van der Waals surface area (Å²) in [6.45, 7) is 2.30. The number of hydrogen-bond acceptors (Lipinski definition) is 6. The molecule has 0 amide bonds. The third-order valence-corrected chi connectivity index (χ3v) is 2.78. The van der Waals surface area contributed by atoms with Gasteiger partial charge in [0.15, 0.2) is 5.69 Å². The van der Waals surface area contributed by atoms with E-state index in [0.717, 1.165) is 12.8 Å². The molecule has 0 aliphatic heterocycles. The van der Waals surface area contributed by atoms with Crippen LogP contribution in [0.5, 0.6) is 0 Å². The second kappa shape index (κ2) is 5.73. The number of carbonyl (C=O) groups is 2. The zero-order valence-electron chi connectivity index (χ0n) is 10.7. The summed E-state index contributed by atoms with van der Waals surface area (Å²) >= 11 is 0. The van der Waals surface area contributed by atoms with Crippen LogP contribution in [0.3, 0.4) is 0 Å². The third kappa shape index (κ3) is 3.46. The van der Waals surface area contributed by atoms with Gasteiger partial charge >= 0.3 is 11.9 Å². The quantitative estimate of drug-likeness (QED) is 0.745. The largest absolute Gasteiger partial charge is 0.481 e. The summed E-state index contributed by atoms with van der Waals surface area (Å²) in [6.07, 6.45) is 3.21. The lowest BCUT2D eigenvalue weighted by atomic mass is 10.4. The standard InChI is InChI=1S/C12H16N2O5/c1-2-18-11(17)9-7-19-12(13-9)14(8-3-4-8)6-5-10(15)16/h7-8H,2-6H2,1H3,(H,15,16). The third-order valence-electron chi connectivity index (χ3n) is 2.78. The van der Waals surface area contributed by atoms with E-state index >= 15 is 0 Å². The summed E-state index contributed by atoms with van der Waals surface area (Å²) in [4.78, 5) is 27.9. The molecular formula is C12H16N2O5. The maximum Gasteiger partial charge on any atom is 0.360 e. The minimum Gasteiger partial charge on any atom is -0.481 e. The minimum atomic E-state index is -0.872. The average Bonchev–Trinajstić information content (AvgIpc) is 3.06. The van der Waals surface area contributed by atoms with E-state index in [0.29, 0.717) is 6.54 Å². The monoisotopic (exact) mass is 268 g/mol. The number of aliphatic carboxylic acids is 1. The van der Waals surface area contributed by atoms with Crippen molar-refractivity contribution >= 4 is 18.0 Å². The minimum absolute atomic E-state index is 0.00756. The highest BCUT2D eigenvalue weighted by atomic mass is 16.5. The number of anilines is 1. The highest BCUT2D eigenvalue weighted by Gasteiger charge is 2.32. The summed E-state index contributed by atoms with van der Waals surface area (Å²) in [5.74, 6) is -1.41. The number of oxazole rings is 1. The second-order valence-electron chi connectivity index (χ2n) is 4.30. The van der Waals surface area contributed by atoms with E-state index < -0.39 is 11.9 Å². The van der Waals surface area contributed by atoms with Crippen molar-refractivity contribution in [1.29, 1.82) is 0 Å². The molecule has 7 nitrogen and oxygen atoms in total. The van der Waals surface area contributed by atoms with Gasteiger partial charge in [-0.25, -0.2) is 4.79 Å². The highest BCUT2D eigenvalue weighted by molar-refractivity contribution is 5.87. The number of hydrogen-bond donors (Lipinski definition) is 1. The smallest absolute Gasteiger partial charge is 0.360 e. The molecule has 1 aliphatic rings. The SMILES string of the molecule is CCOC(=O)c1coc(N(CCC(=O)O)C2CC2)n1. The Balaban J connectivity index is 2.05. The van der Waals surface area contributed by atoms with E-state index in [1.807, 2.05) is 0 Å². The van der Waals surface area contributed by atoms with Crippen molar-refractivity contribution in [3.63, 3.8) is 0 Å². The molecule has 1 aromatic heterocycles. The molecule has 0 atom stereocenters. The van der Waals surface area contributed by atoms with E-state index in [2.05, 4.69) is 4.98 Å². The van der Waals surface area contributed by atoms with Crippen LogP contribution in [0.4, 0.5) is 6.01 Å². The van der Waals surface area contributed by atoms with Crippen molar-refractivity contribution in [2.24, 2.45) is 0 Å². The lowest BCUT2D eigenvalue weighted by molar-refractivity contribution is -0.136. The molecule has 0 unspecified atom stereocenters. The van der Waals surface area contributed by atoms with Crippen LogP contribution in [0.2, 0.25) is 0 Å². The number of esters is 1. The van der Waals surface area contributed by atoms with E-state index in [-0.39, 0.29) is 30.8 Å². The normalized spacial score (nSPS) is 14.2. The average molecular weight is 268 g/mol. The molecule has 1 aromatic rings. The molecule has 0 aromatic carbocycles. The van der Waals surface area contributed by atoms with E-state index in [1.165, 1.54) is 6.26 Å². The molecule has 19 heavy (non-hydrogen) atoms. The summed E-state index contributed by atoms with van der Waals surface area (Å²) in [5.41, 5.74) is 0.109.